The van der Waals surface area contributed by atoms with Crippen LogP contribution in [0.5, 0.6) is 0 Å². The molecule has 1 N–H and O–H groups in total. The van der Waals surface area contributed by atoms with Crippen LogP contribution in [0, 0.1) is 0 Å². The molecule has 1 heterocycles. The van der Waals surface area contributed by atoms with Gasteiger partial charge in [-0.3, -0.25) is 0 Å². The molecule has 0 spiro atoms. The highest BCUT2D eigenvalue weighted by atomic mass is 35.5. The average molecular weight is 189 g/mol. The average Bonchev–Trinajstić information content (AvgIpc) is 2.01. The number of hydrogen-bond donors (Lipinski definition) is 1. The van der Waals surface area contributed by atoms with E-state index in [1.54, 1.807) is 0 Å². The molecule has 12 heavy (non-hydrogen) atoms. The number of piperidine rings is 1. The van der Waals surface area contributed by atoms with E-state index < -0.39 is 0 Å². The SMILES string of the molecule is C=C(Cl)CNC1CCCN(C)C1. The van der Waals surface area contributed by atoms with Crippen molar-refractivity contribution in [1.29, 1.82) is 0 Å². The van der Waals surface area contributed by atoms with E-state index in [-0.39, 0.29) is 0 Å². The molecule has 0 bridgehead atoms. The van der Waals surface area contributed by atoms with Gasteiger partial charge in [0.1, 0.15) is 0 Å². The molecule has 0 aromatic carbocycles. The minimum Gasteiger partial charge on any atom is -0.308 e. The molecule has 0 amide bonds. The minimum atomic E-state index is 0.597. The second-order valence-corrected chi connectivity index (χ2v) is 4.03. The van der Waals surface area contributed by atoms with Gasteiger partial charge in [0.15, 0.2) is 0 Å². The first-order valence-corrected chi connectivity index (χ1v) is 4.81. The lowest BCUT2D eigenvalue weighted by molar-refractivity contribution is 0.230. The maximum Gasteiger partial charge on any atom is 0.0310 e. The molecule has 70 valence electrons. The lowest BCUT2D eigenvalue weighted by atomic mass is 10.1. The summed E-state index contributed by atoms with van der Waals surface area (Å²) in [7, 11) is 2.16. The highest BCUT2D eigenvalue weighted by molar-refractivity contribution is 6.29. The van der Waals surface area contributed by atoms with Crippen molar-refractivity contribution in [2.24, 2.45) is 0 Å². The minimum absolute atomic E-state index is 0.597. The number of hydrogen-bond acceptors (Lipinski definition) is 2. The second kappa shape index (κ2) is 4.85. The van der Waals surface area contributed by atoms with Crippen molar-refractivity contribution in [1.82, 2.24) is 10.2 Å². The number of nitrogens with zero attached hydrogens (tertiary/aromatic N) is 1. The largest absolute Gasteiger partial charge is 0.308 e. The monoisotopic (exact) mass is 188 g/mol. The first-order valence-electron chi connectivity index (χ1n) is 4.43. The Morgan fingerprint density at radius 2 is 2.50 bits per heavy atom. The van der Waals surface area contributed by atoms with E-state index in [4.69, 9.17) is 11.6 Å². The van der Waals surface area contributed by atoms with Gasteiger partial charge in [0.2, 0.25) is 0 Å². The van der Waals surface area contributed by atoms with Crippen LogP contribution in [0.4, 0.5) is 0 Å². The van der Waals surface area contributed by atoms with Gasteiger partial charge in [-0.15, -0.1) is 0 Å². The molecule has 0 aromatic heterocycles. The summed E-state index contributed by atoms with van der Waals surface area (Å²) in [6.45, 7) is 6.74. The Labute approximate surface area is 79.6 Å². The van der Waals surface area contributed by atoms with E-state index in [0.717, 1.165) is 13.1 Å². The van der Waals surface area contributed by atoms with Gasteiger partial charge in [-0.2, -0.15) is 0 Å². The van der Waals surface area contributed by atoms with Crippen molar-refractivity contribution >= 4 is 11.6 Å². The standard InChI is InChI=1S/C9H17ClN2/c1-8(10)6-11-9-4-3-5-12(2)7-9/h9,11H,1,3-7H2,2H3. The summed E-state index contributed by atoms with van der Waals surface area (Å²) in [6, 6.07) is 0.597. The smallest absolute Gasteiger partial charge is 0.0310 e. The highest BCUT2D eigenvalue weighted by Crippen LogP contribution is 2.08. The first kappa shape index (κ1) is 10.0. The van der Waals surface area contributed by atoms with Crippen molar-refractivity contribution in [2.75, 3.05) is 26.7 Å². The molecular formula is C9H17ClN2. The van der Waals surface area contributed by atoms with Crippen molar-refractivity contribution in [3.63, 3.8) is 0 Å². The third-order valence-electron chi connectivity index (χ3n) is 2.21. The molecule has 1 fully saturated rings. The molecule has 1 rings (SSSR count). The maximum absolute atomic E-state index is 5.66. The van der Waals surface area contributed by atoms with Crippen LogP contribution in [0.3, 0.4) is 0 Å². The molecule has 3 heteroatoms. The molecule has 0 saturated carbocycles. The van der Waals surface area contributed by atoms with Gasteiger partial charge in [0.25, 0.3) is 0 Å². The van der Waals surface area contributed by atoms with Gasteiger partial charge >= 0.3 is 0 Å². The number of nitrogens with one attached hydrogen (secondary N) is 1. The van der Waals surface area contributed by atoms with Crippen LogP contribution in [-0.4, -0.2) is 37.6 Å². The Morgan fingerprint density at radius 1 is 1.75 bits per heavy atom. The van der Waals surface area contributed by atoms with Crippen molar-refractivity contribution < 1.29 is 0 Å². The van der Waals surface area contributed by atoms with Crippen LogP contribution in [0.1, 0.15) is 12.8 Å². The zero-order valence-electron chi connectivity index (χ0n) is 7.65. The van der Waals surface area contributed by atoms with E-state index in [1.807, 2.05) is 0 Å². The summed E-state index contributed by atoms with van der Waals surface area (Å²) in [5, 5.41) is 4.08. The molecule has 1 saturated heterocycles. The summed E-state index contributed by atoms with van der Waals surface area (Å²) in [5.41, 5.74) is 0. The van der Waals surface area contributed by atoms with Gasteiger partial charge in [0.05, 0.1) is 0 Å². The maximum atomic E-state index is 5.66. The van der Waals surface area contributed by atoms with Crippen LogP contribution in [-0.2, 0) is 0 Å². The van der Waals surface area contributed by atoms with Gasteiger partial charge in [0, 0.05) is 24.2 Å². The van der Waals surface area contributed by atoms with Crippen molar-refractivity contribution in [2.45, 2.75) is 18.9 Å². The Morgan fingerprint density at radius 3 is 3.08 bits per heavy atom. The Bertz CT molecular complexity index is 159. The molecule has 1 aliphatic rings. The summed E-state index contributed by atoms with van der Waals surface area (Å²) in [5.74, 6) is 0. The lowest BCUT2D eigenvalue weighted by Gasteiger charge is -2.30. The molecule has 1 atom stereocenters. The van der Waals surface area contributed by atoms with Crippen molar-refractivity contribution in [3.8, 4) is 0 Å². The number of rotatable bonds is 3. The zero-order valence-corrected chi connectivity index (χ0v) is 8.40. The predicted molar refractivity (Wildman–Crippen MR) is 53.5 cm³/mol. The molecule has 0 aromatic rings. The van der Waals surface area contributed by atoms with Crippen LogP contribution in [0.15, 0.2) is 11.6 Å². The molecule has 0 aliphatic carbocycles. The van der Waals surface area contributed by atoms with Gasteiger partial charge in [-0.1, -0.05) is 18.2 Å². The van der Waals surface area contributed by atoms with E-state index in [0.29, 0.717) is 11.1 Å². The quantitative estimate of drug-likeness (QED) is 0.721. The van der Waals surface area contributed by atoms with E-state index in [2.05, 4.69) is 23.8 Å². The lowest BCUT2D eigenvalue weighted by Crippen LogP contribution is -2.44. The zero-order chi connectivity index (χ0) is 8.97. The number of likely N-dealkylation sites (tertiary alicyclic amines) is 1. The van der Waals surface area contributed by atoms with Crippen LogP contribution in [0.2, 0.25) is 0 Å². The first-order chi connectivity index (χ1) is 5.68. The highest BCUT2D eigenvalue weighted by Gasteiger charge is 2.15. The van der Waals surface area contributed by atoms with Crippen molar-refractivity contribution in [3.05, 3.63) is 11.6 Å². The molecule has 1 aliphatic heterocycles. The van der Waals surface area contributed by atoms with Gasteiger partial charge in [-0.05, 0) is 26.4 Å². The molecular weight excluding hydrogens is 172 g/mol. The van der Waals surface area contributed by atoms with E-state index in [9.17, 15) is 0 Å². The number of halogens is 1. The van der Waals surface area contributed by atoms with Gasteiger partial charge < -0.3 is 10.2 Å². The Balaban J connectivity index is 2.18. The Hall–Kier alpha value is -0.0500. The fraction of sp³-hybridized carbons (Fsp3) is 0.778. The van der Waals surface area contributed by atoms with Gasteiger partial charge in [-0.25, -0.2) is 0 Å². The second-order valence-electron chi connectivity index (χ2n) is 3.50. The normalized spacial score (nSPS) is 25.7. The topological polar surface area (TPSA) is 15.3 Å². The van der Waals surface area contributed by atoms with Crippen LogP contribution in [0.25, 0.3) is 0 Å². The van der Waals surface area contributed by atoms with Crippen LogP contribution < -0.4 is 5.32 Å². The summed E-state index contributed by atoms with van der Waals surface area (Å²) in [4.78, 5) is 2.35. The summed E-state index contributed by atoms with van der Waals surface area (Å²) >= 11 is 5.66. The fourth-order valence-electron chi connectivity index (χ4n) is 1.59. The molecule has 0 radical (unpaired) electrons. The Kier molecular flexibility index (Phi) is 4.06. The third kappa shape index (κ3) is 3.57. The van der Waals surface area contributed by atoms with E-state index in [1.165, 1.54) is 19.4 Å². The summed E-state index contributed by atoms with van der Waals surface area (Å²) in [6.07, 6.45) is 2.54. The van der Waals surface area contributed by atoms with Crippen LogP contribution >= 0.6 is 11.6 Å². The molecule has 1 unspecified atom stereocenters. The predicted octanol–water partition coefficient (Wildman–Crippen LogP) is 1.42. The third-order valence-corrected chi connectivity index (χ3v) is 2.34. The molecule has 2 nitrogen and oxygen atoms in total. The summed E-state index contributed by atoms with van der Waals surface area (Å²) < 4.78 is 0. The fourth-order valence-corrected chi connectivity index (χ4v) is 1.67. The number of likely N-dealkylation sites (N-methyl/N-ethyl adjacent to an activating group) is 1. The van der Waals surface area contributed by atoms with E-state index >= 15 is 0 Å².